The van der Waals surface area contributed by atoms with Crippen molar-refractivity contribution in [1.29, 1.82) is 0 Å². The maximum Gasteiger partial charge on any atom is 0.282 e. The lowest BCUT2D eigenvalue weighted by Crippen LogP contribution is -1.96. The lowest BCUT2D eigenvalue weighted by atomic mass is 10.2. The van der Waals surface area contributed by atoms with Crippen molar-refractivity contribution in [2.24, 2.45) is 0 Å². The van der Waals surface area contributed by atoms with Gasteiger partial charge in [0.1, 0.15) is 5.82 Å². The number of rotatable bonds is 3. The molecule has 2 aromatic carbocycles. The van der Waals surface area contributed by atoms with E-state index in [0.29, 0.717) is 14.3 Å². The molecular weight excluding hydrogens is 385 g/mol. The van der Waals surface area contributed by atoms with E-state index in [0.717, 1.165) is 0 Å². The van der Waals surface area contributed by atoms with Crippen LogP contribution in [0.25, 0.3) is 0 Å². The summed E-state index contributed by atoms with van der Waals surface area (Å²) in [4.78, 5) is 10.2. The first kappa shape index (κ1) is 14.0. The van der Waals surface area contributed by atoms with Crippen LogP contribution < -0.4 is 5.32 Å². The summed E-state index contributed by atoms with van der Waals surface area (Å²) in [5.74, 6) is -0.447. The fraction of sp³-hybridized carbons (Fsp3) is 0. The Balaban J connectivity index is 2.31. The molecule has 0 saturated carbocycles. The number of nitrogens with one attached hydrogen (secondary N) is 1. The molecule has 98 valence electrons. The monoisotopic (exact) mass is 392 g/mol. The van der Waals surface area contributed by atoms with Gasteiger partial charge in [-0.3, -0.25) is 10.1 Å². The molecule has 2 rings (SSSR count). The molecule has 0 spiro atoms. The largest absolute Gasteiger partial charge is 0.353 e. The van der Waals surface area contributed by atoms with Gasteiger partial charge < -0.3 is 5.32 Å². The standard InChI is InChI=1S/C12H7ClFIN2O2/c13-7-1-3-9(14)11(5-7)16-8-2-4-12(17(18)19)10(15)6-8/h1-6,16H. The summed E-state index contributed by atoms with van der Waals surface area (Å²) >= 11 is 7.64. The van der Waals surface area contributed by atoms with Crippen LogP contribution in [0, 0.1) is 19.5 Å². The maximum absolute atomic E-state index is 13.5. The fourth-order valence-electron chi connectivity index (χ4n) is 1.48. The summed E-state index contributed by atoms with van der Waals surface area (Å²) in [6, 6.07) is 8.60. The van der Waals surface area contributed by atoms with Crippen LogP contribution in [0.1, 0.15) is 0 Å². The van der Waals surface area contributed by atoms with Gasteiger partial charge in [0.05, 0.1) is 14.2 Å². The van der Waals surface area contributed by atoms with E-state index in [2.05, 4.69) is 5.32 Å². The molecule has 0 aliphatic heterocycles. The van der Waals surface area contributed by atoms with Crippen molar-refractivity contribution >= 4 is 51.3 Å². The summed E-state index contributed by atoms with van der Waals surface area (Å²) in [5.41, 5.74) is 0.783. The van der Waals surface area contributed by atoms with Gasteiger partial charge in [-0.25, -0.2) is 4.39 Å². The van der Waals surface area contributed by atoms with E-state index in [1.54, 1.807) is 6.07 Å². The van der Waals surface area contributed by atoms with E-state index >= 15 is 0 Å². The zero-order chi connectivity index (χ0) is 14.0. The minimum Gasteiger partial charge on any atom is -0.353 e. The van der Waals surface area contributed by atoms with Crippen LogP contribution in [0.15, 0.2) is 36.4 Å². The van der Waals surface area contributed by atoms with E-state index in [1.165, 1.54) is 30.3 Å². The van der Waals surface area contributed by atoms with Gasteiger partial charge in [0.25, 0.3) is 5.69 Å². The third-order valence-electron chi connectivity index (χ3n) is 2.35. The topological polar surface area (TPSA) is 55.2 Å². The Morgan fingerprint density at radius 2 is 2.00 bits per heavy atom. The molecule has 0 aliphatic rings. The molecule has 0 fully saturated rings. The Hall–Kier alpha value is -1.41. The molecule has 0 aromatic heterocycles. The number of nitro groups is 1. The average Bonchev–Trinajstić information content (AvgIpc) is 2.33. The number of hydrogen-bond acceptors (Lipinski definition) is 3. The van der Waals surface area contributed by atoms with Crippen molar-refractivity contribution in [1.82, 2.24) is 0 Å². The molecular formula is C12H7ClFIN2O2. The highest BCUT2D eigenvalue weighted by atomic mass is 127. The Kier molecular flexibility index (Phi) is 4.20. The molecule has 1 N–H and O–H groups in total. The van der Waals surface area contributed by atoms with Gasteiger partial charge in [-0.05, 0) is 52.9 Å². The van der Waals surface area contributed by atoms with Crippen molar-refractivity contribution in [3.63, 3.8) is 0 Å². The van der Waals surface area contributed by atoms with Crippen LogP contribution in [-0.2, 0) is 0 Å². The van der Waals surface area contributed by atoms with Crippen LogP contribution in [0.4, 0.5) is 21.5 Å². The van der Waals surface area contributed by atoms with Crippen LogP contribution in [0.5, 0.6) is 0 Å². The molecule has 0 radical (unpaired) electrons. The SMILES string of the molecule is O=[N+]([O-])c1ccc(Nc2cc(Cl)ccc2F)cc1I. The summed E-state index contributed by atoms with van der Waals surface area (Å²) in [6.07, 6.45) is 0. The second-order valence-electron chi connectivity index (χ2n) is 3.67. The number of hydrogen-bond donors (Lipinski definition) is 1. The second-order valence-corrected chi connectivity index (χ2v) is 5.27. The number of nitrogens with zero attached hydrogens (tertiary/aromatic N) is 1. The van der Waals surface area contributed by atoms with Gasteiger partial charge in [-0.1, -0.05) is 11.6 Å². The lowest BCUT2D eigenvalue weighted by molar-refractivity contribution is -0.385. The first-order chi connectivity index (χ1) is 8.97. The first-order valence-corrected chi connectivity index (χ1v) is 6.59. The van der Waals surface area contributed by atoms with Crippen molar-refractivity contribution in [3.8, 4) is 0 Å². The summed E-state index contributed by atoms with van der Waals surface area (Å²) in [7, 11) is 0. The molecule has 2 aromatic rings. The Morgan fingerprint density at radius 1 is 1.26 bits per heavy atom. The van der Waals surface area contributed by atoms with E-state index in [1.807, 2.05) is 22.6 Å². The van der Waals surface area contributed by atoms with Gasteiger partial charge in [-0.15, -0.1) is 0 Å². The van der Waals surface area contributed by atoms with Gasteiger partial charge in [-0.2, -0.15) is 0 Å². The smallest absolute Gasteiger partial charge is 0.282 e. The molecule has 7 heteroatoms. The van der Waals surface area contributed by atoms with Gasteiger partial charge in [0.15, 0.2) is 0 Å². The molecule has 0 heterocycles. The molecule has 19 heavy (non-hydrogen) atoms. The fourth-order valence-corrected chi connectivity index (χ4v) is 2.37. The second kappa shape index (κ2) is 5.70. The highest BCUT2D eigenvalue weighted by Gasteiger charge is 2.12. The van der Waals surface area contributed by atoms with Crippen LogP contribution in [0.3, 0.4) is 0 Å². The third kappa shape index (κ3) is 3.32. The van der Waals surface area contributed by atoms with Crippen LogP contribution in [0.2, 0.25) is 5.02 Å². The van der Waals surface area contributed by atoms with Gasteiger partial charge in [0.2, 0.25) is 0 Å². The molecule has 0 saturated heterocycles. The van der Waals surface area contributed by atoms with E-state index in [-0.39, 0.29) is 11.4 Å². The molecule has 0 bridgehead atoms. The third-order valence-corrected chi connectivity index (χ3v) is 3.45. The van der Waals surface area contributed by atoms with Crippen LogP contribution in [-0.4, -0.2) is 4.92 Å². The summed E-state index contributed by atoms with van der Waals surface area (Å²) in [6.45, 7) is 0. The van der Waals surface area contributed by atoms with E-state index in [9.17, 15) is 14.5 Å². The lowest BCUT2D eigenvalue weighted by Gasteiger charge is -2.08. The quantitative estimate of drug-likeness (QED) is 0.466. The summed E-state index contributed by atoms with van der Waals surface area (Å²) < 4.78 is 14.0. The van der Waals surface area contributed by atoms with E-state index < -0.39 is 10.7 Å². The minimum atomic E-state index is -0.467. The molecule has 0 amide bonds. The highest BCUT2D eigenvalue weighted by Crippen LogP contribution is 2.28. The number of nitro benzene ring substituents is 1. The molecule has 0 unspecified atom stereocenters. The predicted octanol–water partition coefficient (Wildman–Crippen LogP) is 4.74. The number of halogens is 3. The maximum atomic E-state index is 13.5. The average molecular weight is 393 g/mol. The van der Waals surface area contributed by atoms with Crippen molar-refractivity contribution in [2.75, 3.05) is 5.32 Å². The number of anilines is 2. The predicted molar refractivity (Wildman–Crippen MR) is 80.5 cm³/mol. The van der Waals surface area contributed by atoms with Crippen molar-refractivity contribution < 1.29 is 9.31 Å². The molecule has 0 atom stereocenters. The Morgan fingerprint density at radius 3 is 2.63 bits per heavy atom. The normalized spacial score (nSPS) is 10.3. The van der Waals surface area contributed by atoms with Crippen LogP contribution >= 0.6 is 34.2 Å². The summed E-state index contributed by atoms with van der Waals surface area (Å²) in [5, 5.41) is 13.9. The van der Waals surface area contributed by atoms with Gasteiger partial charge >= 0.3 is 0 Å². The molecule has 4 nitrogen and oxygen atoms in total. The first-order valence-electron chi connectivity index (χ1n) is 5.13. The Labute approximate surface area is 126 Å². The van der Waals surface area contributed by atoms with Crippen molar-refractivity contribution in [2.45, 2.75) is 0 Å². The Bertz CT molecular complexity index is 652. The number of benzene rings is 2. The molecule has 0 aliphatic carbocycles. The zero-order valence-electron chi connectivity index (χ0n) is 9.36. The highest BCUT2D eigenvalue weighted by molar-refractivity contribution is 14.1. The van der Waals surface area contributed by atoms with Crippen molar-refractivity contribution in [3.05, 3.63) is 60.9 Å². The van der Waals surface area contributed by atoms with E-state index in [4.69, 9.17) is 11.6 Å². The minimum absolute atomic E-state index is 0.0118. The van der Waals surface area contributed by atoms with Gasteiger partial charge in [0, 0.05) is 16.8 Å². The zero-order valence-corrected chi connectivity index (χ0v) is 12.3.